The fourth-order valence-electron chi connectivity index (χ4n) is 1.41. The summed E-state index contributed by atoms with van der Waals surface area (Å²) in [4.78, 5) is 11.7. The van der Waals surface area contributed by atoms with Gasteiger partial charge in [0.2, 0.25) is 0 Å². The summed E-state index contributed by atoms with van der Waals surface area (Å²) in [7, 11) is 0. The number of carbonyl (C=O) groups is 1. The summed E-state index contributed by atoms with van der Waals surface area (Å²) in [6, 6.07) is 13.0. The van der Waals surface area contributed by atoms with E-state index in [0.29, 0.717) is 10.7 Å². The van der Waals surface area contributed by atoms with Crippen LogP contribution in [0.4, 0.5) is 16.2 Å². The first-order chi connectivity index (χ1) is 9.65. The molecular weight excluding hydrogens is 282 g/mol. The molecule has 0 aromatic heterocycles. The molecule has 0 aliphatic heterocycles. The van der Waals surface area contributed by atoms with Crippen molar-refractivity contribution in [2.45, 2.75) is 0 Å². The third kappa shape index (κ3) is 4.77. The van der Waals surface area contributed by atoms with Gasteiger partial charge in [0.25, 0.3) is 0 Å². The minimum absolute atomic E-state index is 0.0392. The lowest BCUT2D eigenvalue weighted by atomic mass is 10.3. The number of halogens is 1. The van der Waals surface area contributed by atoms with Crippen molar-refractivity contribution in [3.05, 3.63) is 53.6 Å². The van der Waals surface area contributed by atoms with E-state index in [4.69, 9.17) is 16.8 Å². The molecule has 2 amide bonds. The second-order valence-electron chi connectivity index (χ2n) is 3.61. The van der Waals surface area contributed by atoms with Crippen LogP contribution in [-0.4, -0.2) is 16.3 Å². The minimum Gasteiger partial charge on any atom is -0.506 e. The molecule has 0 aliphatic carbocycles. The summed E-state index contributed by atoms with van der Waals surface area (Å²) in [6.45, 7) is 0. The summed E-state index contributed by atoms with van der Waals surface area (Å²) < 4.78 is 0. The summed E-state index contributed by atoms with van der Waals surface area (Å²) in [5, 5.41) is 21.9. The lowest BCUT2D eigenvalue weighted by Crippen LogP contribution is -2.42. The number of aromatic hydroxyl groups is 1. The zero-order valence-corrected chi connectivity index (χ0v) is 11.3. The summed E-state index contributed by atoms with van der Waals surface area (Å²) >= 11 is 5.78. The highest BCUT2D eigenvalue weighted by atomic mass is 35.5. The molecule has 0 radical (unpaired) electrons. The van der Waals surface area contributed by atoms with E-state index in [2.05, 4.69) is 16.5 Å². The van der Waals surface area contributed by atoms with Gasteiger partial charge in [-0.1, -0.05) is 29.8 Å². The van der Waals surface area contributed by atoms with E-state index in [1.807, 2.05) is 18.2 Å². The number of nitrogens with one attached hydrogen (secondary N) is 2. The Bertz CT molecular complexity index is 564. The fraction of sp³-hybridized carbons (Fsp3) is 0. The molecule has 0 saturated heterocycles. The Morgan fingerprint density at radius 2 is 1.70 bits per heavy atom. The van der Waals surface area contributed by atoms with Crippen LogP contribution in [0.3, 0.4) is 0 Å². The number of para-hydroxylation sites is 1. The van der Waals surface area contributed by atoms with Crippen LogP contribution in [0, 0.1) is 0 Å². The molecule has 20 heavy (non-hydrogen) atoms. The lowest BCUT2D eigenvalue weighted by Gasteiger charge is -2.09. The van der Waals surface area contributed by atoms with Crippen LogP contribution < -0.4 is 16.5 Å². The average molecular weight is 297 g/mol. The Kier molecular flexibility index (Phi) is 6.31. The van der Waals surface area contributed by atoms with E-state index in [-0.39, 0.29) is 11.4 Å². The van der Waals surface area contributed by atoms with Crippen LogP contribution in [0.2, 0.25) is 5.02 Å². The van der Waals surface area contributed by atoms with Gasteiger partial charge in [-0.15, -0.1) is 0 Å². The Morgan fingerprint density at radius 1 is 1.05 bits per heavy atom. The minimum atomic E-state index is -0.446. The maximum atomic E-state index is 11.7. The molecule has 0 bridgehead atoms. The molecule has 6 nitrogen and oxygen atoms in total. The SMILES string of the molecule is O=C(Nc1ccccc1)Nc1cc(Cl)ccc1O.[NH3+]O. The maximum absolute atomic E-state index is 11.7. The number of carbonyl (C=O) groups excluding carboxylic acids is 1. The van der Waals surface area contributed by atoms with Crippen LogP contribution in [0.1, 0.15) is 0 Å². The van der Waals surface area contributed by atoms with Crippen molar-refractivity contribution in [3.8, 4) is 5.75 Å². The quantitative estimate of drug-likeness (QED) is 0.433. The standard InChI is InChI=1S/C13H11ClN2O2.H4NO/c14-9-6-7-12(17)11(8-9)16-13(18)15-10-4-2-1-3-5-10;1-2/h1-8,17H,(H2,15,16,18);2H,1H3/q;+1. The van der Waals surface area contributed by atoms with Gasteiger partial charge in [0, 0.05) is 10.7 Å². The summed E-state index contributed by atoms with van der Waals surface area (Å²) in [5.41, 5.74) is 0.924. The largest absolute Gasteiger partial charge is 0.506 e. The fourth-order valence-corrected chi connectivity index (χ4v) is 1.59. The van der Waals surface area contributed by atoms with Crippen molar-refractivity contribution in [1.29, 1.82) is 0 Å². The molecule has 0 spiro atoms. The van der Waals surface area contributed by atoms with Crippen LogP contribution in [0.5, 0.6) is 5.75 Å². The molecule has 0 aliphatic rings. The smallest absolute Gasteiger partial charge is 0.323 e. The highest BCUT2D eigenvalue weighted by Gasteiger charge is 2.06. The Balaban J connectivity index is 0.000000956. The van der Waals surface area contributed by atoms with Crippen molar-refractivity contribution in [2.24, 2.45) is 0 Å². The number of phenols is 1. The predicted molar refractivity (Wildman–Crippen MR) is 76.9 cm³/mol. The van der Waals surface area contributed by atoms with E-state index >= 15 is 0 Å². The number of hydrogen-bond acceptors (Lipinski definition) is 3. The van der Waals surface area contributed by atoms with Gasteiger partial charge < -0.3 is 15.7 Å². The second kappa shape index (κ2) is 8.00. The van der Waals surface area contributed by atoms with Crippen LogP contribution in [-0.2, 0) is 0 Å². The molecular formula is C13H15ClN3O3+. The first-order valence-corrected chi connectivity index (χ1v) is 5.96. The second-order valence-corrected chi connectivity index (χ2v) is 4.04. The molecule has 0 atom stereocenters. The van der Waals surface area contributed by atoms with Crippen LogP contribution in [0.15, 0.2) is 48.5 Å². The number of phenolic OH excluding ortho intramolecular Hbond substituents is 1. The molecule has 2 aromatic rings. The number of rotatable bonds is 2. The molecule has 7 N–H and O–H groups in total. The number of benzene rings is 2. The van der Waals surface area contributed by atoms with Gasteiger partial charge in [-0.3, -0.25) is 0 Å². The third-order valence-corrected chi connectivity index (χ3v) is 2.47. The van der Waals surface area contributed by atoms with Crippen molar-refractivity contribution in [2.75, 3.05) is 10.6 Å². The van der Waals surface area contributed by atoms with Crippen molar-refractivity contribution >= 4 is 29.0 Å². The molecule has 0 fully saturated rings. The van der Waals surface area contributed by atoms with E-state index in [0.717, 1.165) is 0 Å². The Hall–Kier alpha value is -2.28. The molecule has 2 rings (SSSR count). The zero-order valence-electron chi connectivity index (χ0n) is 10.5. The van der Waals surface area contributed by atoms with Gasteiger partial charge in [-0.2, -0.15) is 0 Å². The zero-order chi connectivity index (χ0) is 15.0. The maximum Gasteiger partial charge on any atom is 0.323 e. The van der Waals surface area contributed by atoms with Gasteiger partial charge in [0.05, 0.1) is 5.69 Å². The molecule has 106 valence electrons. The average Bonchev–Trinajstić information content (AvgIpc) is 2.46. The van der Waals surface area contributed by atoms with E-state index in [9.17, 15) is 9.90 Å². The van der Waals surface area contributed by atoms with Gasteiger partial charge in [0.1, 0.15) is 5.75 Å². The third-order valence-electron chi connectivity index (χ3n) is 2.24. The summed E-state index contributed by atoms with van der Waals surface area (Å²) in [6.07, 6.45) is 0. The number of hydrogen-bond donors (Lipinski definition) is 5. The van der Waals surface area contributed by atoms with Gasteiger partial charge >= 0.3 is 6.03 Å². The Labute approximate surface area is 120 Å². The first kappa shape index (κ1) is 15.8. The topological polar surface area (TPSA) is 109 Å². The molecule has 0 unspecified atom stereocenters. The van der Waals surface area contributed by atoms with Gasteiger partial charge in [-0.05, 0) is 30.3 Å². The molecule has 2 aromatic carbocycles. The van der Waals surface area contributed by atoms with Gasteiger partial charge in [-0.25, -0.2) is 15.9 Å². The molecule has 7 heteroatoms. The highest BCUT2D eigenvalue weighted by molar-refractivity contribution is 6.31. The van der Waals surface area contributed by atoms with Crippen molar-refractivity contribution in [1.82, 2.24) is 0 Å². The van der Waals surface area contributed by atoms with Gasteiger partial charge in [0.15, 0.2) is 0 Å². The normalized spacial score (nSPS) is 9.15. The van der Waals surface area contributed by atoms with Crippen molar-refractivity contribution in [3.63, 3.8) is 0 Å². The number of quaternary nitrogens is 1. The highest BCUT2D eigenvalue weighted by Crippen LogP contribution is 2.26. The predicted octanol–water partition coefficient (Wildman–Crippen LogP) is 2.31. The van der Waals surface area contributed by atoms with Crippen LogP contribution >= 0.6 is 11.6 Å². The summed E-state index contributed by atoms with van der Waals surface area (Å²) in [5.74, 6) is 2.21. The Morgan fingerprint density at radius 3 is 2.35 bits per heavy atom. The monoisotopic (exact) mass is 296 g/mol. The number of amides is 2. The number of anilines is 2. The van der Waals surface area contributed by atoms with E-state index < -0.39 is 6.03 Å². The molecule has 0 heterocycles. The number of urea groups is 1. The van der Waals surface area contributed by atoms with E-state index in [1.54, 1.807) is 12.1 Å². The lowest BCUT2D eigenvalue weighted by molar-refractivity contribution is -0.670. The first-order valence-electron chi connectivity index (χ1n) is 5.58. The van der Waals surface area contributed by atoms with Crippen molar-refractivity contribution < 1.29 is 21.0 Å². The van der Waals surface area contributed by atoms with E-state index in [1.165, 1.54) is 18.2 Å². The van der Waals surface area contributed by atoms with Crippen LogP contribution in [0.25, 0.3) is 0 Å². The molecule has 0 saturated carbocycles.